The molecule has 0 aromatic heterocycles. The first-order valence-electron chi connectivity index (χ1n) is 2.30. The predicted molar refractivity (Wildman–Crippen MR) is 29.5 cm³/mol. The van der Waals surface area contributed by atoms with E-state index in [0.29, 0.717) is 12.7 Å². The molecule has 0 saturated carbocycles. The van der Waals surface area contributed by atoms with Gasteiger partial charge in [0.1, 0.15) is 6.29 Å². The number of amides is 1. The fraction of sp³-hybridized carbons (Fsp3) is 0.400. The third-order valence-electron chi connectivity index (χ3n) is 0.707. The predicted octanol–water partition coefficient (Wildman–Crippen LogP) is -3.14. The second-order valence-electron chi connectivity index (χ2n) is 1.34. The minimum atomic E-state index is -0.768. The molecule has 0 N–H and O–H groups in total. The van der Waals surface area contributed by atoms with Crippen LogP contribution in [0.3, 0.4) is 0 Å². The van der Waals surface area contributed by atoms with Crippen LogP contribution in [0.5, 0.6) is 0 Å². The maximum Gasteiger partial charge on any atom is 1.00 e. The Balaban J connectivity index is 0. The molecule has 0 aliphatic heterocycles. The fourth-order valence-corrected chi connectivity index (χ4v) is 0.271. The Kier molecular flexibility index (Phi) is 10.6. The summed E-state index contributed by atoms with van der Waals surface area (Å²) in [5.74, 6) is -0.768. The number of hydrogen-bond donors (Lipinski definition) is 0. The standard InChI is InChI=1S/C5H6N2O2.Na/c6-1-5(3-8)2-7-4-9;/h3-5H,2H2,(H,7,9);/q;+1/p-1. The molecule has 1 unspecified atom stereocenters. The molecule has 0 aliphatic carbocycles. The smallest absolute Gasteiger partial charge is 0.655 e. The first-order chi connectivity index (χ1) is 4.35. The second-order valence-corrected chi connectivity index (χ2v) is 1.34. The summed E-state index contributed by atoms with van der Waals surface area (Å²) in [7, 11) is 0. The molecule has 0 fully saturated rings. The van der Waals surface area contributed by atoms with E-state index in [1.54, 1.807) is 6.07 Å². The molecule has 1 amide bonds. The van der Waals surface area contributed by atoms with Crippen molar-refractivity contribution in [2.45, 2.75) is 0 Å². The molecule has 5 heteroatoms. The van der Waals surface area contributed by atoms with Crippen LogP contribution in [0.4, 0.5) is 0 Å². The molecule has 4 nitrogen and oxygen atoms in total. The maximum absolute atomic E-state index is 9.84. The largest absolute Gasteiger partial charge is 1.00 e. The SMILES string of the molecule is N#CC(C=O)C[N-]C=O.[Na+]. The summed E-state index contributed by atoms with van der Waals surface area (Å²) in [6, 6.07) is 1.67. The van der Waals surface area contributed by atoms with Gasteiger partial charge < -0.3 is 14.9 Å². The molecule has 0 bridgehead atoms. The molecule has 0 aromatic rings. The van der Waals surface area contributed by atoms with Crippen molar-refractivity contribution in [2.24, 2.45) is 5.92 Å². The van der Waals surface area contributed by atoms with Crippen molar-refractivity contribution in [3.8, 4) is 6.07 Å². The summed E-state index contributed by atoms with van der Waals surface area (Å²) >= 11 is 0. The average Bonchev–Trinajstić information content (AvgIpc) is 1.91. The van der Waals surface area contributed by atoms with Crippen LogP contribution in [0.2, 0.25) is 0 Å². The van der Waals surface area contributed by atoms with Crippen molar-refractivity contribution in [1.82, 2.24) is 0 Å². The van der Waals surface area contributed by atoms with Crippen LogP contribution in [-0.2, 0) is 9.59 Å². The van der Waals surface area contributed by atoms with Gasteiger partial charge in [0.25, 0.3) is 0 Å². The molecule has 48 valence electrons. The van der Waals surface area contributed by atoms with Crippen molar-refractivity contribution in [1.29, 1.82) is 5.26 Å². The van der Waals surface area contributed by atoms with Crippen molar-refractivity contribution in [2.75, 3.05) is 6.54 Å². The zero-order chi connectivity index (χ0) is 7.11. The van der Waals surface area contributed by atoms with Crippen molar-refractivity contribution < 1.29 is 39.1 Å². The normalized spacial score (nSPS) is 9.90. The van der Waals surface area contributed by atoms with E-state index < -0.39 is 5.92 Å². The zero-order valence-electron chi connectivity index (χ0n) is 5.65. The van der Waals surface area contributed by atoms with Gasteiger partial charge in [0.05, 0.1) is 12.0 Å². The van der Waals surface area contributed by atoms with E-state index in [-0.39, 0.29) is 36.1 Å². The van der Waals surface area contributed by atoms with Gasteiger partial charge in [-0.15, -0.1) is 6.54 Å². The number of carbonyl (C=O) groups is 2. The minimum absolute atomic E-state index is 0. The Labute approximate surface area is 80.9 Å². The van der Waals surface area contributed by atoms with Gasteiger partial charge in [-0.05, 0) is 0 Å². The summed E-state index contributed by atoms with van der Waals surface area (Å²) in [5.41, 5.74) is 0. The average molecular weight is 148 g/mol. The van der Waals surface area contributed by atoms with E-state index in [1.165, 1.54) is 0 Å². The molecule has 0 heterocycles. The summed E-state index contributed by atoms with van der Waals surface area (Å²) in [5, 5.41) is 11.3. The Bertz CT molecular complexity index is 143. The number of aldehydes is 1. The molecule has 10 heavy (non-hydrogen) atoms. The van der Waals surface area contributed by atoms with Crippen LogP contribution in [0, 0.1) is 17.2 Å². The third-order valence-corrected chi connectivity index (χ3v) is 0.707. The number of rotatable bonds is 4. The first kappa shape index (κ1) is 12.3. The summed E-state index contributed by atoms with van der Waals surface area (Å²) in [6.45, 7) is -0.0243. The first-order valence-corrected chi connectivity index (χ1v) is 2.30. The van der Waals surface area contributed by atoms with Crippen molar-refractivity contribution in [3.05, 3.63) is 5.32 Å². The van der Waals surface area contributed by atoms with E-state index in [4.69, 9.17) is 5.26 Å². The van der Waals surface area contributed by atoms with Crippen molar-refractivity contribution >= 4 is 12.7 Å². The van der Waals surface area contributed by atoms with Crippen molar-refractivity contribution in [3.63, 3.8) is 0 Å². The maximum atomic E-state index is 9.84. The van der Waals surface area contributed by atoms with E-state index >= 15 is 0 Å². The van der Waals surface area contributed by atoms with Gasteiger partial charge >= 0.3 is 29.6 Å². The fourth-order valence-electron chi connectivity index (χ4n) is 0.271. The van der Waals surface area contributed by atoms with E-state index in [1.807, 2.05) is 0 Å². The van der Waals surface area contributed by atoms with Gasteiger partial charge in [-0.1, -0.05) is 0 Å². The van der Waals surface area contributed by atoms with Crippen LogP contribution in [-0.4, -0.2) is 19.2 Å². The zero-order valence-corrected chi connectivity index (χ0v) is 7.65. The van der Waals surface area contributed by atoms with Crippen LogP contribution in [0.1, 0.15) is 0 Å². The molecule has 0 aromatic carbocycles. The van der Waals surface area contributed by atoms with E-state index in [9.17, 15) is 9.59 Å². The van der Waals surface area contributed by atoms with E-state index in [2.05, 4.69) is 5.32 Å². The second kappa shape index (κ2) is 8.63. The van der Waals surface area contributed by atoms with Gasteiger partial charge in [-0.3, -0.25) is 0 Å². The third kappa shape index (κ3) is 5.76. The van der Waals surface area contributed by atoms with Gasteiger partial charge in [0.2, 0.25) is 0 Å². The Hall–Kier alpha value is -0.370. The Morgan fingerprint density at radius 1 is 1.60 bits per heavy atom. The van der Waals surface area contributed by atoms with Crippen LogP contribution in [0.25, 0.3) is 5.32 Å². The Morgan fingerprint density at radius 3 is 2.50 bits per heavy atom. The molecule has 1 atom stereocenters. The van der Waals surface area contributed by atoms with Gasteiger partial charge in [0, 0.05) is 6.41 Å². The topological polar surface area (TPSA) is 72.0 Å². The van der Waals surface area contributed by atoms with Gasteiger partial charge in [0.15, 0.2) is 0 Å². The van der Waals surface area contributed by atoms with Gasteiger partial charge in [-0.2, -0.15) is 5.26 Å². The van der Waals surface area contributed by atoms with E-state index in [0.717, 1.165) is 0 Å². The summed E-state index contributed by atoms with van der Waals surface area (Å²) in [4.78, 5) is 19.4. The minimum Gasteiger partial charge on any atom is -0.655 e. The molecule has 0 rings (SSSR count). The molecule has 0 saturated heterocycles. The number of nitriles is 1. The van der Waals surface area contributed by atoms with Crippen LogP contribution in [0.15, 0.2) is 0 Å². The summed E-state index contributed by atoms with van der Waals surface area (Å²) in [6.07, 6.45) is 0.793. The Morgan fingerprint density at radius 2 is 2.20 bits per heavy atom. The quantitative estimate of drug-likeness (QED) is 0.312. The summed E-state index contributed by atoms with van der Waals surface area (Å²) < 4.78 is 0. The monoisotopic (exact) mass is 148 g/mol. The molecular weight excluding hydrogens is 143 g/mol. The van der Waals surface area contributed by atoms with Crippen LogP contribution < -0.4 is 29.6 Å². The molecule has 0 radical (unpaired) electrons. The van der Waals surface area contributed by atoms with Gasteiger partial charge in [-0.25, -0.2) is 0 Å². The molecular formula is C5H5N2NaO2. The molecule has 0 aliphatic rings. The number of nitrogens with zero attached hydrogens (tertiary/aromatic N) is 2. The number of hydrogen-bond acceptors (Lipinski definition) is 3. The van der Waals surface area contributed by atoms with Crippen LogP contribution >= 0.6 is 0 Å². The number of carbonyl (C=O) groups excluding carboxylic acids is 2. The molecule has 0 spiro atoms.